The summed E-state index contributed by atoms with van der Waals surface area (Å²) in [7, 11) is 0. The van der Waals surface area contributed by atoms with Gasteiger partial charge in [-0.1, -0.05) is 0 Å². The van der Waals surface area contributed by atoms with Gasteiger partial charge in [0.25, 0.3) is 0 Å². The first-order chi connectivity index (χ1) is 7.19. The lowest BCUT2D eigenvalue weighted by molar-refractivity contribution is 0.0661. The minimum atomic E-state index is -0.894. The molecule has 2 unspecified atom stereocenters. The fraction of sp³-hybridized carbons (Fsp3) is 0.900. The van der Waals surface area contributed by atoms with Crippen LogP contribution in [0.4, 0.5) is 4.79 Å². The highest BCUT2D eigenvalue weighted by Crippen LogP contribution is 2.25. The number of rotatable bonds is 4. The lowest BCUT2D eigenvalue weighted by Crippen LogP contribution is -2.46. The average molecular weight is 217 g/mol. The van der Waals surface area contributed by atoms with E-state index in [1.807, 2.05) is 0 Å². The Morgan fingerprint density at radius 3 is 2.67 bits per heavy atom. The summed E-state index contributed by atoms with van der Waals surface area (Å²) >= 11 is 0. The third-order valence-electron chi connectivity index (χ3n) is 3.02. The second-order valence-electron chi connectivity index (χ2n) is 4.07. The third-order valence-corrected chi connectivity index (χ3v) is 3.02. The zero-order valence-corrected chi connectivity index (χ0v) is 8.80. The maximum absolute atomic E-state index is 10.9. The molecule has 0 aromatic heterocycles. The van der Waals surface area contributed by atoms with Gasteiger partial charge in [-0.15, -0.1) is 0 Å². The molecule has 1 saturated heterocycles. The van der Waals surface area contributed by atoms with Crippen molar-refractivity contribution in [3.63, 3.8) is 0 Å². The minimum absolute atomic E-state index is 0.0412. The zero-order chi connectivity index (χ0) is 11.3. The molecule has 1 heterocycles. The fourth-order valence-corrected chi connectivity index (χ4v) is 2.15. The first-order valence-electron chi connectivity index (χ1n) is 5.40. The maximum atomic E-state index is 10.9. The molecule has 1 rings (SSSR count). The van der Waals surface area contributed by atoms with E-state index < -0.39 is 6.09 Å². The van der Waals surface area contributed by atoms with E-state index in [1.54, 1.807) is 0 Å². The van der Waals surface area contributed by atoms with Crippen LogP contribution in [0.5, 0.6) is 0 Å². The second kappa shape index (κ2) is 5.92. The van der Waals surface area contributed by atoms with Gasteiger partial charge in [0.05, 0.1) is 0 Å². The summed E-state index contributed by atoms with van der Waals surface area (Å²) in [4.78, 5) is 12.4. The highest BCUT2D eigenvalue weighted by molar-refractivity contribution is 5.65. The van der Waals surface area contributed by atoms with Crippen LogP contribution >= 0.6 is 0 Å². The molecule has 1 amide bonds. The Morgan fingerprint density at radius 2 is 2.13 bits per heavy atom. The van der Waals surface area contributed by atoms with E-state index >= 15 is 0 Å². The summed E-state index contributed by atoms with van der Waals surface area (Å²) in [6.45, 7) is 0.716. The first-order valence-corrected chi connectivity index (χ1v) is 5.40. The van der Waals surface area contributed by atoms with Gasteiger partial charge in [-0.05, 0) is 31.6 Å². The molecular formula is C10H19NO4. The van der Waals surface area contributed by atoms with Crippen LogP contribution in [0.15, 0.2) is 0 Å². The van der Waals surface area contributed by atoms with Crippen LogP contribution < -0.4 is 0 Å². The number of aliphatic hydroxyl groups is 2. The molecule has 1 aliphatic heterocycles. The number of piperidine rings is 1. The summed E-state index contributed by atoms with van der Waals surface area (Å²) in [5, 5.41) is 26.7. The van der Waals surface area contributed by atoms with Gasteiger partial charge in [0.1, 0.15) is 0 Å². The summed E-state index contributed by atoms with van der Waals surface area (Å²) in [6, 6.07) is -0.0412. The van der Waals surface area contributed by atoms with Gasteiger partial charge in [0.2, 0.25) is 0 Å². The number of carboxylic acid groups (broad SMARTS) is 1. The normalized spacial score (nSPS) is 26.7. The molecule has 0 aliphatic carbocycles. The molecule has 1 aliphatic rings. The Balaban J connectivity index is 2.52. The van der Waals surface area contributed by atoms with Crippen molar-refractivity contribution >= 4 is 6.09 Å². The lowest BCUT2D eigenvalue weighted by atomic mass is 9.89. The number of hydrogen-bond acceptors (Lipinski definition) is 3. The van der Waals surface area contributed by atoms with E-state index in [0.717, 1.165) is 6.42 Å². The van der Waals surface area contributed by atoms with Crippen molar-refractivity contribution in [2.45, 2.75) is 31.7 Å². The van der Waals surface area contributed by atoms with Crippen LogP contribution in [0.3, 0.4) is 0 Å². The molecule has 3 N–H and O–H groups in total. The molecule has 0 saturated carbocycles. The van der Waals surface area contributed by atoms with Crippen molar-refractivity contribution in [3.8, 4) is 0 Å². The monoisotopic (exact) mass is 217 g/mol. The quantitative estimate of drug-likeness (QED) is 0.641. The largest absolute Gasteiger partial charge is 0.465 e. The van der Waals surface area contributed by atoms with E-state index in [1.165, 1.54) is 4.90 Å². The van der Waals surface area contributed by atoms with Crippen LogP contribution in [0.25, 0.3) is 0 Å². The Bertz CT molecular complexity index is 210. The number of likely N-dealkylation sites (tertiary alicyclic amines) is 1. The molecule has 5 nitrogen and oxygen atoms in total. The van der Waals surface area contributed by atoms with Gasteiger partial charge < -0.3 is 20.2 Å². The lowest BCUT2D eigenvalue weighted by Gasteiger charge is -2.37. The Labute approximate surface area is 89.3 Å². The summed E-state index contributed by atoms with van der Waals surface area (Å²) in [5.41, 5.74) is 0. The van der Waals surface area contributed by atoms with E-state index in [4.69, 9.17) is 15.3 Å². The summed E-state index contributed by atoms with van der Waals surface area (Å²) in [5.74, 6) is 0.212. The summed E-state index contributed by atoms with van der Waals surface area (Å²) < 4.78 is 0. The van der Waals surface area contributed by atoms with Gasteiger partial charge in [0.15, 0.2) is 0 Å². The molecule has 0 radical (unpaired) electrons. The number of carbonyl (C=O) groups is 1. The van der Waals surface area contributed by atoms with Crippen LogP contribution in [0, 0.1) is 5.92 Å². The van der Waals surface area contributed by atoms with Gasteiger partial charge >= 0.3 is 6.09 Å². The van der Waals surface area contributed by atoms with E-state index in [9.17, 15) is 4.79 Å². The highest BCUT2D eigenvalue weighted by Gasteiger charge is 2.30. The van der Waals surface area contributed by atoms with Crippen molar-refractivity contribution in [1.82, 2.24) is 4.90 Å². The Hall–Kier alpha value is -0.810. The van der Waals surface area contributed by atoms with Crippen molar-refractivity contribution in [3.05, 3.63) is 0 Å². The Morgan fingerprint density at radius 1 is 1.40 bits per heavy atom. The highest BCUT2D eigenvalue weighted by atomic mass is 16.4. The van der Waals surface area contributed by atoms with Crippen LogP contribution in [0.1, 0.15) is 25.7 Å². The number of nitrogens with zero attached hydrogens (tertiary/aromatic N) is 1. The SMILES string of the molecule is O=C(O)N1CCC(CO)CC1CCCO. The standard InChI is InChI=1S/C10H19NO4/c12-5-1-2-9-6-8(7-13)3-4-11(9)10(14)15/h8-9,12-13H,1-7H2,(H,14,15). The van der Waals surface area contributed by atoms with Crippen molar-refractivity contribution in [2.24, 2.45) is 5.92 Å². The molecule has 0 spiro atoms. The van der Waals surface area contributed by atoms with E-state index in [2.05, 4.69) is 0 Å². The van der Waals surface area contributed by atoms with Gasteiger partial charge in [0, 0.05) is 25.8 Å². The average Bonchev–Trinajstić information content (AvgIpc) is 2.25. The Kier molecular flexibility index (Phi) is 4.84. The molecule has 0 bridgehead atoms. The van der Waals surface area contributed by atoms with Gasteiger partial charge in [-0.25, -0.2) is 4.79 Å². The molecule has 0 aromatic rings. The predicted octanol–water partition coefficient (Wildman–Crippen LogP) is 0.510. The smallest absolute Gasteiger partial charge is 0.407 e. The van der Waals surface area contributed by atoms with Gasteiger partial charge in [-0.2, -0.15) is 0 Å². The van der Waals surface area contributed by atoms with E-state index in [0.29, 0.717) is 25.8 Å². The topological polar surface area (TPSA) is 81.0 Å². The van der Waals surface area contributed by atoms with Gasteiger partial charge in [-0.3, -0.25) is 0 Å². The molecule has 0 aromatic carbocycles. The minimum Gasteiger partial charge on any atom is -0.465 e. The van der Waals surface area contributed by atoms with Crippen molar-refractivity contribution in [2.75, 3.05) is 19.8 Å². The number of hydrogen-bond donors (Lipinski definition) is 3. The van der Waals surface area contributed by atoms with Crippen LogP contribution in [-0.2, 0) is 0 Å². The molecule has 88 valence electrons. The molecule has 1 fully saturated rings. The van der Waals surface area contributed by atoms with Crippen LogP contribution in [0.2, 0.25) is 0 Å². The molecular weight excluding hydrogens is 198 g/mol. The number of amides is 1. The fourth-order valence-electron chi connectivity index (χ4n) is 2.15. The second-order valence-corrected chi connectivity index (χ2v) is 4.07. The predicted molar refractivity (Wildman–Crippen MR) is 54.6 cm³/mol. The third kappa shape index (κ3) is 3.35. The van der Waals surface area contributed by atoms with Crippen LogP contribution in [-0.4, -0.2) is 52.1 Å². The first kappa shape index (κ1) is 12.3. The van der Waals surface area contributed by atoms with Crippen molar-refractivity contribution in [1.29, 1.82) is 0 Å². The zero-order valence-electron chi connectivity index (χ0n) is 8.80. The molecule has 5 heteroatoms. The van der Waals surface area contributed by atoms with E-state index in [-0.39, 0.29) is 25.2 Å². The number of aliphatic hydroxyl groups excluding tert-OH is 2. The summed E-state index contributed by atoms with van der Waals surface area (Å²) in [6.07, 6.45) is 1.85. The molecule has 2 atom stereocenters. The van der Waals surface area contributed by atoms with Crippen molar-refractivity contribution < 1.29 is 20.1 Å². The maximum Gasteiger partial charge on any atom is 0.407 e. The molecule has 15 heavy (non-hydrogen) atoms.